The number of carbonyl (C=O) groups excluding carboxylic acids is 1. The minimum atomic E-state index is -0.840. The molecule has 5 fully saturated rings. The molecular weight excluding hydrogens is 422 g/mol. The highest BCUT2D eigenvalue weighted by molar-refractivity contribution is 6.42. The molecule has 0 heterocycles. The molecule has 192 valence electrons. The van der Waals surface area contributed by atoms with Gasteiger partial charge in [0.25, 0.3) is 0 Å². The van der Waals surface area contributed by atoms with Crippen LogP contribution >= 0.6 is 0 Å². The van der Waals surface area contributed by atoms with Crippen molar-refractivity contribution in [1.29, 1.82) is 0 Å². The SMILES string of the molecule is CC(C)[C@H]1CC[C@]2(C)CC[C@]3(C)C(CCC4[C@]5(C)C/C(=N\O)C(=O)C(C)(CO)C5CC[C@]43C)C12. The molecule has 0 amide bonds. The second-order valence-electron chi connectivity index (χ2n) is 14.9. The van der Waals surface area contributed by atoms with Crippen LogP contribution in [0, 0.1) is 62.6 Å². The first-order valence-electron chi connectivity index (χ1n) is 14.2. The fourth-order valence-electron chi connectivity index (χ4n) is 11.6. The smallest absolute Gasteiger partial charge is 0.188 e. The number of aliphatic hydroxyl groups is 1. The molecule has 34 heavy (non-hydrogen) atoms. The van der Waals surface area contributed by atoms with Crippen molar-refractivity contribution in [3.8, 4) is 0 Å². The number of fused-ring (bicyclic) bond motifs is 7. The Bertz CT molecular complexity index is 897. The Morgan fingerprint density at radius 2 is 1.62 bits per heavy atom. The third-order valence-electron chi connectivity index (χ3n) is 13.6. The van der Waals surface area contributed by atoms with E-state index in [9.17, 15) is 15.1 Å². The molecule has 10 atom stereocenters. The Kier molecular flexibility index (Phi) is 5.51. The second kappa shape index (κ2) is 7.56. The van der Waals surface area contributed by atoms with Gasteiger partial charge >= 0.3 is 0 Å². The van der Waals surface area contributed by atoms with Crippen molar-refractivity contribution in [3.05, 3.63) is 0 Å². The van der Waals surface area contributed by atoms with Crippen LogP contribution in [0.15, 0.2) is 5.16 Å². The summed E-state index contributed by atoms with van der Waals surface area (Å²) >= 11 is 0. The van der Waals surface area contributed by atoms with Crippen molar-refractivity contribution in [2.24, 2.45) is 67.7 Å². The van der Waals surface area contributed by atoms with Gasteiger partial charge < -0.3 is 10.3 Å². The van der Waals surface area contributed by atoms with Crippen LogP contribution in [-0.4, -0.2) is 28.4 Å². The van der Waals surface area contributed by atoms with E-state index in [0.29, 0.717) is 28.9 Å². The number of carbonyl (C=O) groups is 1. The molecule has 5 aliphatic rings. The van der Waals surface area contributed by atoms with Crippen molar-refractivity contribution >= 4 is 11.5 Å². The monoisotopic (exact) mass is 471 g/mol. The Labute approximate surface area is 207 Å². The highest BCUT2D eigenvalue weighted by Crippen LogP contribution is 2.77. The Morgan fingerprint density at radius 1 is 0.912 bits per heavy atom. The number of aliphatic hydroxyl groups excluding tert-OH is 1. The first kappa shape index (κ1) is 24.8. The molecule has 0 aliphatic heterocycles. The largest absolute Gasteiger partial charge is 0.411 e. The van der Waals surface area contributed by atoms with Gasteiger partial charge in [-0.05, 0) is 115 Å². The van der Waals surface area contributed by atoms with Crippen molar-refractivity contribution in [2.45, 2.75) is 106 Å². The number of Topliss-reactive ketones (excluding diaryl/α,β-unsaturated/α-hetero) is 1. The van der Waals surface area contributed by atoms with E-state index in [1.54, 1.807) is 0 Å². The lowest BCUT2D eigenvalue weighted by molar-refractivity contribution is -0.231. The summed E-state index contributed by atoms with van der Waals surface area (Å²) < 4.78 is 0. The molecule has 2 N–H and O–H groups in total. The quantitative estimate of drug-likeness (QED) is 0.347. The van der Waals surface area contributed by atoms with E-state index in [2.05, 4.69) is 46.7 Å². The lowest BCUT2D eigenvalue weighted by Crippen LogP contribution is -2.68. The van der Waals surface area contributed by atoms with E-state index >= 15 is 0 Å². The molecular formula is C30H49NO3. The number of nitrogens with zero attached hydrogens (tertiary/aromatic N) is 1. The summed E-state index contributed by atoms with van der Waals surface area (Å²) in [5, 5.41) is 23.7. The van der Waals surface area contributed by atoms with Crippen LogP contribution in [0.1, 0.15) is 106 Å². The summed E-state index contributed by atoms with van der Waals surface area (Å²) in [5.41, 5.74) is 0.351. The number of hydrogen-bond donors (Lipinski definition) is 2. The molecule has 4 nitrogen and oxygen atoms in total. The molecule has 0 aromatic rings. The van der Waals surface area contributed by atoms with Gasteiger partial charge in [-0.25, -0.2) is 0 Å². The number of hydrogen-bond acceptors (Lipinski definition) is 4. The molecule has 4 heteroatoms. The molecule has 5 unspecified atom stereocenters. The summed E-state index contributed by atoms with van der Waals surface area (Å²) in [6.07, 6.45) is 10.7. The van der Waals surface area contributed by atoms with Crippen molar-refractivity contribution in [3.63, 3.8) is 0 Å². The van der Waals surface area contributed by atoms with Crippen LogP contribution in [0.2, 0.25) is 0 Å². The molecule has 5 saturated carbocycles. The number of oxime groups is 1. The summed E-state index contributed by atoms with van der Waals surface area (Å²) in [7, 11) is 0. The maximum Gasteiger partial charge on any atom is 0.188 e. The Balaban J connectivity index is 1.57. The van der Waals surface area contributed by atoms with Crippen LogP contribution in [-0.2, 0) is 4.79 Å². The van der Waals surface area contributed by atoms with Crippen molar-refractivity contribution < 1.29 is 15.1 Å². The van der Waals surface area contributed by atoms with E-state index < -0.39 is 5.41 Å². The molecule has 0 radical (unpaired) electrons. The third kappa shape index (κ3) is 2.81. The van der Waals surface area contributed by atoms with Gasteiger partial charge in [0.15, 0.2) is 5.78 Å². The maximum absolute atomic E-state index is 13.2. The molecule has 0 aromatic heterocycles. The predicted molar refractivity (Wildman–Crippen MR) is 136 cm³/mol. The van der Waals surface area contributed by atoms with Crippen molar-refractivity contribution in [1.82, 2.24) is 0 Å². The van der Waals surface area contributed by atoms with Gasteiger partial charge in [0.2, 0.25) is 0 Å². The standard InChI is InChI=1S/C30H49NO3/c1-18(2)19-10-12-26(3)14-15-29(6)20(24(19)26)8-9-23-27(4)16-21(31-34)25(33)28(5,17-32)22(27)11-13-30(23,29)7/h18-20,22-24,32,34H,8-17H2,1-7H3/b31-21+/t19-,20?,22?,23?,24?,26-,27-,28?,29-,30-/m1/s1. The Morgan fingerprint density at radius 3 is 2.24 bits per heavy atom. The minimum absolute atomic E-state index is 0.123. The van der Waals surface area contributed by atoms with Gasteiger partial charge in [0.05, 0.1) is 12.0 Å². The summed E-state index contributed by atoms with van der Waals surface area (Å²) in [5.74, 6) is 3.71. The Hall–Kier alpha value is -0.900. The van der Waals surface area contributed by atoms with Gasteiger partial charge in [-0.15, -0.1) is 0 Å². The second-order valence-corrected chi connectivity index (χ2v) is 14.9. The maximum atomic E-state index is 13.2. The van der Waals surface area contributed by atoms with Crippen LogP contribution in [0.4, 0.5) is 0 Å². The van der Waals surface area contributed by atoms with E-state index in [-0.39, 0.29) is 29.1 Å². The van der Waals surface area contributed by atoms with Crippen LogP contribution in [0.3, 0.4) is 0 Å². The molecule has 0 spiro atoms. The van der Waals surface area contributed by atoms with E-state index in [1.807, 2.05) is 6.92 Å². The first-order chi connectivity index (χ1) is 15.8. The highest BCUT2D eigenvalue weighted by atomic mass is 16.4. The van der Waals surface area contributed by atoms with Crippen LogP contribution < -0.4 is 0 Å². The minimum Gasteiger partial charge on any atom is -0.411 e. The van der Waals surface area contributed by atoms with Crippen LogP contribution in [0.25, 0.3) is 0 Å². The zero-order valence-electron chi connectivity index (χ0n) is 22.8. The zero-order chi connectivity index (χ0) is 24.9. The van der Waals surface area contributed by atoms with Gasteiger partial charge in [0.1, 0.15) is 5.71 Å². The molecule has 5 rings (SSSR count). The third-order valence-corrected chi connectivity index (χ3v) is 13.6. The lowest BCUT2D eigenvalue weighted by Gasteiger charge is -2.72. The van der Waals surface area contributed by atoms with Gasteiger partial charge in [-0.1, -0.05) is 46.7 Å². The van der Waals surface area contributed by atoms with E-state index in [4.69, 9.17) is 0 Å². The number of rotatable bonds is 2. The lowest BCUT2D eigenvalue weighted by atomic mass is 9.32. The van der Waals surface area contributed by atoms with Crippen LogP contribution in [0.5, 0.6) is 0 Å². The van der Waals surface area contributed by atoms with E-state index in [1.165, 1.54) is 38.5 Å². The molecule has 0 bridgehead atoms. The fraction of sp³-hybridized carbons (Fsp3) is 0.933. The van der Waals surface area contributed by atoms with Gasteiger partial charge in [-0.3, -0.25) is 4.79 Å². The molecule has 0 aromatic carbocycles. The fourth-order valence-corrected chi connectivity index (χ4v) is 11.6. The average molecular weight is 472 g/mol. The van der Waals surface area contributed by atoms with Gasteiger partial charge in [0, 0.05) is 6.42 Å². The first-order valence-corrected chi connectivity index (χ1v) is 14.2. The summed E-state index contributed by atoms with van der Waals surface area (Å²) in [6.45, 7) is 16.9. The highest BCUT2D eigenvalue weighted by Gasteiger charge is 2.71. The summed E-state index contributed by atoms with van der Waals surface area (Å²) in [6, 6.07) is 0. The predicted octanol–water partition coefficient (Wildman–Crippen LogP) is 6.73. The average Bonchev–Trinajstić information content (AvgIpc) is 3.14. The van der Waals surface area contributed by atoms with Gasteiger partial charge in [-0.2, -0.15) is 0 Å². The number of ketones is 1. The molecule has 5 aliphatic carbocycles. The zero-order valence-corrected chi connectivity index (χ0v) is 22.8. The summed E-state index contributed by atoms with van der Waals surface area (Å²) in [4.78, 5) is 13.2. The topological polar surface area (TPSA) is 69.9 Å². The normalized spacial score (nSPS) is 56.1. The molecule has 0 saturated heterocycles. The van der Waals surface area contributed by atoms with E-state index in [0.717, 1.165) is 36.5 Å². The van der Waals surface area contributed by atoms with Crippen molar-refractivity contribution in [2.75, 3.05) is 6.61 Å².